The summed E-state index contributed by atoms with van der Waals surface area (Å²) in [6, 6.07) is 14.3. The minimum Gasteiger partial charge on any atom is -0.493 e. The van der Waals surface area contributed by atoms with E-state index in [1.54, 1.807) is 7.11 Å². The molecule has 2 aromatic rings. The molecule has 0 aromatic heterocycles. The van der Waals surface area contributed by atoms with Crippen molar-refractivity contribution in [3.05, 3.63) is 53.6 Å². The maximum Gasteiger partial charge on any atom is 0.161 e. The van der Waals surface area contributed by atoms with Crippen LogP contribution in [-0.4, -0.2) is 13.2 Å². The number of anilines is 1. The van der Waals surface area contributed by atoms with Crippen molar-refractivity contribution < 1.29 is 9.47 Å². The Bertz CT molecular complexity index is 896. The third-order valence-electron chi connectivity index (χ3n) is 6.35. The molecule has 3 nitrogen and oxygen atoms in total. The lowest BCUT2D eigenvalue weighted by molar-refractivity contribution is 0.200. The van der Waals surface area contributed by atoms with Gasteiger partial charge in [-0.1, -0.05) is 43.2 Å². The molecule has 0 spiro atoms. The van der Waals surface area contributed by atoms with Crippen LogP contribution in [0, 0.1) is 11.8 Å². The van der Waals surface area contributed by atoms with Crippen LogP contribution in [0.25, 0.3) is 0 Å². The van der Waals surface area contributed by atoms with E-state index in [1.165, 1.54) is 37.7 Å². The van der Waals surface area contributed by atoms with Gasteiger partial charge in [0.15, 0.2) is 11.5 Å². The van der Waals surface area contributed by atoms with Crippen molar-refractivity contribution in [2.45, 2.75) is 69.3 Å². The summed E-state index contributed by atoms with van der Waals surface area (Å²) in [5, 5.41) is 0. The number of rotatable bonds is 4. The maximum absolute atomic E-state index is 6.36. The smallest absolute Gasteiger partial charge is 0.161 e. The van der Waals surface area contributed by atoms with Crippen molar-refractivity contribution >= 4 is 5.69 Å². The molecule has 4 rings (SSSR count). The molecular formula is C26H31NO2. The van der Waals surface area contributed by atoms with Gasteiger partial charge in [0.25, 0.3) is 0 Å². The lowest BCUT2D eigenvalue weighted by atomic mass is 9.70. The third kappa shape index (κ3) is 4.53. The molecule has 152 valence electrons. The minimum atomic E-state index is -0.136. The van der Waals surface area contributed by atoms with E-state index in [-0.39, 0.29) is 5.41 Å². The van der Waals surface area contributed by atoms with Crippen LogP contribution in [0.2, 0.25) is 0 Å². The lowest BCUT2D eigenvalue weighted by Crippen LogP contribution is -2.27. The second-order valence-corrected chi connectivity index (χ2v) is 8.41. The zero-order valence-corrected chi connectivity index (χ0v) is 17.4. The highest BCUT2D eigenvalue weighted by Gasteiger charge is 2.33. The van der Waals surface area contributed by atoms with E-state index >= 15 is 0 Å². The molecule has 0 atom stereocenters. The molecular weight excluding hydrogens is 358 g/mol. The van der Waals surface area contributed by atoms with E-state index < -0.39 is 0 Å². The van der Waals surface area contributed by atoms with Crippen molar-refractivity contribution in [1.82, 2.24) is 0 Å². The molecule has 2 N–H and O–H groups in total. The van der Waals surface area contributed by atoms with Gasteiger partial charge in [-0.25, -0.2) is 0 Å². The number of methoxy groups -OCH3 is 1. The summed E-state index contributed by atoms with van der Waals surface area (Å²) in [6.45, 7) is 0. The van der Waals surface area contributed by atoms with Crippen LogP contribution < -0.4 is 15.2 Å². The second kappa shape index (κ2) is 8.82. The van der Waals surface area contributed by atoms with E-state index in [2.05, 4.69) is 30.0 Å². The zero-order chi connectivity index (χ0) is 20.1. The molecule has 0 saturated heterocycles. The number of hydrogen-bond acceptors (Lipinski definition) is 3. The van der Waals surface area contributed by atoms with E-state index in [9.17, 15) is 0 Å². The molecule has 2 aliphatic carbocycles. The number of nitrogen functional groups attached to an aromatic ring is 1. The van der Waals surface area contributed by atoms with Crippen LogP contribution in [-0.2, 0) is 5.41 Å². The molecule has 2 aromatic carbocycles. The van der Waals surface area contributed by atoms with Gasteiger partial charge in [-0.15, -0.1) is 0 Å². The maximum atomic E-state index is 6.36. The standard InChI is InChI=1S/C26H31NO2/c1-28-24-13-12-21(19-25(24)29-23-10-3-4-11-23)26(15-5-2-6-16-26)17-14-20-8-7-9-22(27)18-20/h7-9,12-13,18-19,23H,2-6,10-11,15-16,27H2,1H3. The van der Waals surface area contributed by atoms with Crippen LogP contribution in [0.4, 0.5) is 5.69 Å². The van der Waals surface area contributed by atoms with Crippen molar-refractivity contribution in [1.29, 1.82) is 0 Å². The molecule has 2 saturated carbocycles. The van der Waals surface area contributed by atoms with Crippen molar-refractivity contribution in [3.8, 4) is 23.3 Å². The first-order chi connectivity index (χ1) is 14.2. The monoisotopic (exact) mass is 389 g/mol. The van der Waals surface area contributed by atoms with Crippen LogP contribution in [0.5, 0.6) is 11.5 Å². The summed E-state index contributed by atoms with van der Waals surface area (Å²) in [7, 11) is 1.71. The lowest BCUT2D eigenvalue weighted by Gasteiger charge is -2.33. The topological polar surface area (TPSA) is 44.5 Å². The van der Waals surface area contributed by atoms with Gasteiger partial charge in [-0.2, -0.15) is 0 Å². The Balaban J connectivity index is 1.69. The quantitative estimate of drug-likeness (QED) is 0.527. The van der Waals surface area contributed by atoms with Gasteiger partial charge in [-0.3, -0.25) is 0 Å². The molecule has 0 aliphatic heterocycles. The number of ether oxygens (including phenoxy) is 2. The van der Waals surface area contributed by atoms with Gasteiger partial charge < -0.3 is 15.2 Å². The third-order valence-corrected chi connectivity index (χ3v) is 6.35. The SMILES string of the molecule is COc1ccc(C2(C#Cc3cccc(N)c3)CCCCC2)cc1OC1CCCC1. The molecule has 3 heteroatoms. The van der Waals surface area contributed by atoms with E-state index in [4.69, 9.17) is 15.2 Å². The Hall–Kier alpha value is -2.60. The predicted octanol–water partition coefficient (Wildman–Crippen LogP) is 5.85. The average molecular weight is 390 g/mol. The summed E-state index contributed by atoms with van der Waals surface area (Å²) in [6.07, 6.45) is 10.9. The van der Waals surface area contributed by atoms with Gasteiger partial charge in [0, 0.05) is 11.3 Å². The van der Waals surface area contributed by atoms with E-state index in [1.807, 2.05) is 24.3 Å². The van der Waals surface area contributed by atoms with Crippen LogP contribution in [0.15, 0.2) is 42.5 Å². The summed E-state index contributed by atoms with van der Waals surface area (Å²) in [5.41, 5.74) is 8.79. The van der Waals surface area contributed by atoms with E-state index in [0.29, 0.717) is 6.10 Å². The number of hydrogen-bond donors (Lipinski definition) is 1. The predicted molar refractivity (Wildman–Crippen MR) is 118 cm³/mol. The Labute approximate surface area is 174 Å². The summed E-state index contributed by atoms with van der Waals surface area (Å²) >= 11 is 0. The highest BCUT2D eigenvalue weighted by molar-refractivity contribution is 5.51. The van der Waals surface area contributed by atoms with Gasteiger partial charge in [0.2, 0.25) is 0 Å². The molecule has 0 bridgehead atoms. The molecule has 2 aliphatic rings. The first-order valence-electron chi connectivity index (χ1n) is 10.9. The summed E-state index contributed by atoms with van der Waals surface area (Å²) < 4.78 is 12.0. The van der Waals surface area contributed by atoms with E-state index in [0.717, 1.165) is 48.4 Å². The molecule has 2 fully saturated rings. The minimum absolute atomic E-state index is 0.136. The largest absolute Gasteiger partial charge is 0.493 e. The number of nitrogens with two attached hydrogens (primary N) is 1. The molecule has 29 heavy (non-hydrogen) atoms. The zero-order valence-electron chi connectivity index (χ0n) is 17.4. The molecule has 0 radical (unpaired) electrons. The van der Waals surface area contributed by atoms with Gasteiger partial charge >= 0.3 is 0 Å². The van der Waals surface area contributed by atoms with Crippen LogP contribution in [0.1, 0.15) is 68.9 Å². The molecule has 0 heterocycles. The first kappa shape index (κ1) is 19.7. The Kier molecular flexibility index (Phi) is 6.00. The van der Waals surface area contributed by atoms with Gasteiger partial charge in [-0.05, 0) is 74.4 Å². The van der Waals surface area contributed by atoms with Crippen molar-refractivity contribution in [2.75, 3.05) is 12.8 Å². The normalized spacial score (nSPS) is 18.7. The number of benzene rings is 2. The van der Waals surface area contributed by atoms with Crippen molar-refractivity contribution in [3.63, 3.8) is 0 Å². The second-order valence-electron chi connectivity index (χ2n) is 8.41. The Morgan fingerprint density at radius 3 is 2.45 bits per heavy atom. The van der Waals surface area contributed by atoms with Crippen LogP contribution in [0.3, 0.4) is 0 Å². The fourth-order valence-corrected chi connectivity index (χ4v) is 4.70. The average Bonchev–Trinajstić information content (AvgIpc) is 3.26. The van der Waals surface area contributed by atoms with Crippen molar-refractivity contribution in [2.24, 2.45) is 0 Å². The summed E-state index contributed by atoms with van der Waals surface area (Å²) in [4.78, 5) is 0. The Morgan fingerprint density at radius 2 is 1.72 bits per heavy atom. The Morgan fingerprint density at radius 1 is 0.931 bits per heavy atom. The summed E-state index contributed by atoms with van der Waals surface area (Å²) in [5.74, 6) is 8.75. The fourth-order valence-electron chi connectivity index (χ4n) is 4.70. The fraction of sp³-hybridized carbons (Fsp3) is 0.462. The van der Waals surface area contributed by atoms with Crippen LogP contribution >= 0.6 is 0 Å². The molecule has 0 unspecified atom stereocenters. The first-order valence-corrected chi connectivity index (χ1v) is 10.9. The molecule has 0 amide bonds. The van der Waals surface area contributed by atoms with Gasteiger partial charge in [0.1, 0.15) is 0 Å². The van der Waals surface area contributed by atoms with Gasteiger partial charge in [0.05, 0.1) is 18.6 Å². The highest BCUT2D eigenvalue weighted by atomic mass is 16.5. The highest BCUT2D eigenvalue weighted by Crippen LogP contribution is 2.42.